The summed E-state index contributed by atoms with van der Waals surface area (Å²) in [5.74, 6) is 0. The van der Waals surface area contributed by atoms with Crippen molar-refractivity contribution in [2.75, 3.05) is 0 Å². The molecule has 0 saturated carbocycles. The van der Waals surface area contributed by atoms with Crippen LogP contribution in [0.5, 0.6) is 0 Å². The van der Waals surface area contributed by atoms with Crippen molar-refractivity contribution in [3.05, 3.63) is 29.6 Å². The highest BCUT2D eigenvalue weighted by atomic mass is 19.4. The monoisotopic (exact) mass is 190 g/mol. The summed E-state index contributed by atoms with van der Waals surface area (Å²) in [6.07, 6.45) is -3.13. The molecule has 2 N–H and O–H groups in total. The maximum absolute atomic E-state index is 12.1. The van der Waals surface area contributed by atoms with E-state index in [0.29, 0.717) is 5.56 Å². The first-order valence-electron chi connectivity index (χ1n) is 3.66. The Morgan fingerprint density at radius 2 is 2.08 bits per heavy atom. The zero-order valence-corrected chi connectivity index (χ0v) is 6.97. The topological polar surface area (TPSA) is 38.9 Å². The van der Waals surface area contributed by atoms with Crippen molar-refractivity contribution in [2.24, 2.45) is 5.73 Å². The third-order valence-corrected chi connectivity index (χ3v) is 1.70. The Bertz CT molecular complexity index is 296. The Kier molecular flexibility index (Phi) is 2.56. The first kappa shape index (κ1) is 9.98. The van der Waals surface area contributed by atoms with E-state index in [1.165, 1.54) is 6.20 Å². The molecule has 2 nitrogen and oxygen atoms in total. The van der Waals surface area contributed by atoms with E-state index in [2.05, 4.69) is 4.98 Å². The Morgan fingerprint density at radius 1 is 1.46 bits per heavy atom. The first-order chi connectivity index (χ1) is 5.93. The van der Waals surface area contributed by atoms with Crippen molar-refractivity contribution in [3.8, 4) is 0 Å². The average molecular weight is 190 g/mol. The lowest BCUT2D eigenvalue weighted by Gasteiger charge is -2.16. The van der Waals surface area contributed by atoms with Gasteiger partial charge in [0.15, 0.2) is 0 Å². The number of alkyl halides is 3. The van der Waals surface area contributed by atoms with E-state index in [0.717, 1.165) is 0 Å². The van der Waals surface area contributed by atoms with Crippen molar-refractivity contribution >= 4 is 0 Å². The van der Waals surface area contributed by atoms with E-state index >= 15 is 0 Å². The fourth-order valence-electron chi connectivity index (χ4n) is 0.979. The number of nitrogens with zero attached hydrogens (tertiary/aromatic N) is 1. The summed E-state index contributed by atoms with van der Waals surface area (Å²) in [6, 6.07) is 1.13. The van der Waals surface area contributed by atoms with Gasteiger partial charge in [-0.05, 0) is 18.6 Å². The molecule has 0 bridgehead atoms. The maximum Gasteiger partial charge on any atom is 0.409 e. The van der Waals surface area contributed by atoms with Gasteiger partial charge in [0, 0.05) is 6.20 Å². The van der Waals surface area contributed by atoms with E-state index in [-0.39, 0.29) is 5.69 Å². The van der Waals surface area contributed by atoms with Gasteiger partial charge >= 0.3 is 6.18 Å². The molecular weight excluding hydrogens is 181 g/mol. The molecule has 1 aromatic heterocycles. The Hall–Kier alpha value is -1.10. The van der Waals surface area contributed by atoms with Crippen LogP contribution in [0.15, 0.2) is 18.3 Å². The van der Waals surface area contributed by atoms with Gasteiger partial charge in [-0.3, -0.25) is 4.98 Å². The molecule has 5 heteroatoms. The maximum atomic E-state index is 12.1. The molecule has 0 unspecified atom stereocenters. The van der Waals surface area contributed by atoms with Crippen LogP contribution in [0.25, 0.3) is 0 Å². The van der Waals surface area contributed by atoms with Crippen LogP contribution in [-0.4, -0.2) is 11.2 Å². The third kappa shape index (κ3) is 2.18. The quantitative estimate of drug-likeness (QED) is 0.735. The average Bonchev–Trinajstić information content (AvgIpc) is 2.02. The molecule has 0 spiro atoms. The molecule has 1 atom stereocenters. The predicted molar refractivity (Wildman–Crippen MR) is 42.0 cm³/mol. The number of pyridine rings is 1. The SMILES string of the molecule is Cc1cccnc1[C@H](N)C(F)(F)F. The van der Waals surface area contributed by atoms with Crippen LogP contribution in [-0.2, 0) is 0 Å². The van der Waals surface area contributed by atoms with Gasteiger partial charge < -0.3 is 5.73 Å². The molecule has 13 heavy (non-hydrogen) atoms. The zero-order valence-electron chi connectivity index (χ0n) is 6.97. The molecule has 0 aromatic carbocycles. The first-order valence-corrected chi connectivity index (χ1v) is 3.66. The van der Waals surface area contributed by atoms with Crippen molar-refractivity contribution in [1.82, 2.24) is 4.98 Å². The zero-order chi connectivity index (χ0) is 10.1. The fraction of sp³-hybridized carbons (Fsp3) is 0.375. The lowest BCUT2D eigenvalue weighted by atomic mass is 10.1. The lowest BCUT2D eigenvalue weighted by molar-refractivity contribution is -0.150. The minimum absolute atomic E-state index is 0.116. The second-order valence-corrected chi connectivity index (χ2v) is 2.72. The summed E-state index contributed by atoms with van der Waals surface area (Å²) < 4.78 is 36.4. The molecule has 1 aromatic rings. The highest BCUT2D eigenvalue weighted by Gasteiger charge is 2.39. The number of hydrogen-bond donors (Lipinski definition) is 1. The van der Waals surface area contributed by atoms with E-state index in [1.54, 1.807) is 19.1 Å². The number of rotatable bonds is 1. The minimum atomic E-state index is -4.43. The van der Waals surface area contributed by atoms with Gasteiger partial charge in [0.1, 0.15) is 6.04 Å². The van der Waals surface area contributed by atoms with E-state index in [9.17, 15) is 13.2 Å². The van der Waals surface area contributed by atoms with Crippen molar-refractivity contribution in [1.29, 1.82) is 0 Å². The van der Waals surface area contributed by atoms with Gasteiger partial charge in [-0.15, -0.1) is 0 Å². The van der Waals surface area contributed by atoms with Gasteiger partial charge in [-0.1, -0.05) is 6.07 Å². The lowest BCUT2D eigenvalue weighted by Crippen LogP contribution is -2.29. The highest BCUT2D eigenvalue weighted by molar-refractivity contribution is 5.21. The van der Waals surface area contributed by atoms with E-state index < -0.39 is 12.2 Å². The largest absolute Gasteiger partial charge is 0.409 e. The van der Waals surface area contributed by atoms with Crippen LogP contribution in [0.1, 0.15) is 17.3 Å². The normalized spacial score (nSPS) is 14.2. The second-order valence-electron chi connectivity index (χ2n) is 2.72. The van der Waals surface area contributed by atoms with Gasteiger partial charge in [0.05, 0.1) is 5.69 Å². The molecule has 0 saturated heterocycles. The summed E-state index contributed by atoms with van der Waals surface area (Å²) in [7, 11) is 0. The second kappa shape index (κ2) is 3.33. The van der Waals surface area contributed by atoms with Gasteiger partial charge in [0.2, 0.25) is 0 Å². The molecule has 1 rings (SSSR count). The number of aromatic nitrogens is 1. The van der Waals surface area contributed by atoms with Crippen LogP contribution in [0.2, 0.25) is 0 Å². The Balaban J connectivity index is 3.02. The summed E-state index contributed by atoms with van der Waals surface area (Å²) in [5.41, 5.74) is 5.32. The molecule has 0 aliphatic carbocycles. The standard InChI is InChI=1S/C8H9F3N2/c1-5-3-2-4-13-6(5)7(12)8(9,10)11/h2-4,7H,12H2,1H3/t7-/m0/s1. The molecule has 0 amide bonds. The summed E-state index contributed by atoms with van der Waals surface area (Å²) in [5, 5.41) is 0. The number of aryl methyl sites for hydroxylation is 1. The summed E-state index contributed by atoms with van der Waals surface area (Å²) in [6.45, 7) is 1.55. The summed E-state index contributed by atoms with van der Waals surface area (Å²) in [4.78, 5) is 3.60. The Labute approximate surface area is 73.6 Å². The van der Waals surface area contributed by atoms with Crippen molar-refractivity contribution in [2.45, 2.75) is 19.1 Å². The Morgan fingerprint density at radius 3 is 2.54 bits per heavy atom. The smallest absolute Gasteiger partial charge is 0.315 e. The van der Waals surface area contributed by atoms with Gasteiger partial charge in [0.25, 0.3) is 0 Å². The van der Waals surface area contributed by atoms with Crippen LogP contribution < -0.4 is 5.73 Å². The number of halogens is 3. The van der Waals surface area contributed by atoms with Crippen LogP contribution in [0.4, 0.5) is 13.2 Å². The molecule has 0 aliphatic rings. The number of nitrogens with two attached hydrogens (primary N) is 1. The van der Waals surface area contributed by atoms with Crippen molar-refractivity contribution in [3.63, 3.8) is 0 Å². The van der Waals surface area contributed by atoms with E-state index in [4.69, 9.17) is 5.73 Å². The molecule has 1 heterocycles. The van der Waals surface area contributed by atoms with Gasteiger partial charge in [-0.25, -0.2) is 0 Å². The highest BCUT2D eigenvalue weighted by Crippen LogP contribution is 2.30. The molecule has 0 radical (unpaired) electrons. The summed E-state index contributed by atoms with van der Waals surface area (Å²) >= 11 is 0. The predicted octanol–water partition coefficient (Wildman–Crippen LogP) is 1.95. The third-order valence-electron chi connectivity index (χ3n) is 1.70. The van der Waals surface area contributed by atoms with Crippen LogP contribution in [0.3, 0.4) is 0 Å². The molecule has 0 fully saturated rings. The van der Waals surface area contributed by atoms with Crippen LogP contribution >= 0.6 is 0 Å². The number of hydrogen-bond acceptors (Lipinski definition) is 2. The van der Waals surface area contributed by atoms with Crippen LogP contribution in [0, 0.1) is 6.92 Å². The minimum Gasteiger partial charge on any atom is -0.315 e. The molecule has 72 valence electrons. The van der Waals surface area contributed by atoms with Gasteiger partial charge in [-0.2, -0.15) is 13.2 Å². The van der Waals surface area contributed by atoms with E-state index in [1.807, 2.05) is 0 Å². The molecule has 0 aliphatic heterocycles. The molecular formula is C8H9F3N2. The van der Waals surface area contributed by atoms with Crippen molar-refractivity contribution < 1.29 is 13.2 Å². The fourth-order valence-corrected chi connectivity index (χ4v) is 0.979.